The van der Waals surface area contributed by atoms with Crippen molar-refractivity contribution in [2.24, 2.45) is 0 Å². The first-order valence-corrected chi connectivity index (χ1v) is 12.1. The lowest BCUT2D eigenvalue weighted by atomic mass is 9.91. The summed E-state index contributed by atoms with van der Waals surface area (Å²) in [6, 6.07) is 14.1. The summed E-state index contributed by atoms with van der Waals surface area (Å²) in [5.74, 6) is 0.539. The summed E-state index contributed by atoms with van der Waals surface area (Å²) >= 11 is 0. The van der Waals surface area contributed by atoms with Crippen LogP contribution in [0.3, 0.4) is 0 Å². The van der Waals surface area contributed by atoms with E-state index in [0.717, 1.165) is 57.7 Å². The summed E-state index contributed by atoms with van der Waals surface area (Å²) in [5.41, 5.74) is 8.26. The van der Waals surface area contributed by atoms with E-state index < -0.39 is 0 Å². The number of unbranched alkanes of at least 4 members (excludes halogenated alkanes) is 1. The van der Waals surface area contributed by atoms with Gasteiger partial charge in [-0.15, -0.1) is 0 Å². The summed E-state index contributed by atoms with van der Waals surface area (Å²) in [6.07, 6.45) is 3.43. The third-order valence-corrected chi connectivity index (χ3v) is 6.25. The number of carbonyl (C=O) groups excluding carboxylic acids is 1. The Morgan fingerprint density at radius 1 is 1.14 bits per heavy atom. The van der Waals surface area contributed by atoms with Crippen LogP contribution in [-0.2, 0) is 22.4 Å². The number of benzene rings is 1. The van der Waals surface area contributed by atoms with E-state index in [9.17, 15) is 10.1 Å². The Kier molecular flexibility index (Phi) is 7.31. The smallest absolute Gasteiger partial charge is 0.305 e. The molecule has 35 heavy (non-hydrogen) atoms. The molecule has 4 rings (SSSR count). The summed E-state index contributed by atoms with van der Waals surface area (Å²) in [6.45, 7) is 8.15. The first kappa shape index (κ1) is 24.2. The number of hydrogen-bond acceptors (Lipinski definition) is 6. The zero-order valence-corrected chi connectivity index (χ0v) is 20.7. The highest BCUT2D eigenvalue weighted by atomic mass is 16.5. The highest BCUT2D eigenvalue weighted by Crippen LogP contribution is 2.38. The molecule has 0 aliphatic rings. The van der Waals surface area contributed by atoms with E-state index in [1.54, 1.807) is 0 Å². The van der Waals surface area contributed by atoms with Crippen LogP contribution in [0.2, 0.25) is 0 Å². The van der Waals surface area contributed by atoms with Gasteiger partial charge in [-0.2, -0.15) is 10.4 Å². The Bertz CT molecular complexity index is 1390. The topological polar surface area (TPSA) is 93.4 Å². The first-order chi connectivity index (χ1) is 17.0. The van der Waals surface area contributed by atoms with Crippen LogP contribution < -0.4 is 0 Å². The van der Waals surface area contributed by atoms with Crippen LogP contribution in [0.1, 0.15) is 61.4 Å². The molecule has 0 atom stereocenters. The number of esters is 1. The van der Waals surface area contributed by atoms with Crippen LogP contribution in [0.25, 0.3) is 27.9 Å². The number of ether oxygens (including phenoxy) is 1. The summed E-state index contributed by atoms with van der Waals surface area (Å²) in [5, 5.41) is 18.8. The minimum atomic E-state index is -0.173. The van der Waals surface area contributed by atoms with Crippen molar-refractivity contribution in [3.8, 4) is 28.5 Å². The van der Waals surface area contributed by atoms with Gasteiger partial charge in [0.25, 0.3) is 0 Å². The Morgan fingerprint density at radius 2 is 1.97 bits per heavy atom. The minimum absolute atomic E-state index is 0.173. The third kappa shape index (κ3) is 4.83. The van der Waals surface area contributed by atoms with Crippen molar-refractivity contribution in [3.05, 3.63) is 64.7 Å². The number of rotatable bonds is 9. The molecule has 7 heteroatoms. The van der Waals surface area contributed by atoms with Gasteiger partial charge in [0.15, 0.2) is 0 Å². The number of nitriles is 1. The number of aryl methyl sites for hydroxylation is 3. The van der Waals surface area contributed by atoms with Gasteiger partial charge in [-0.25, -0.2) is 4.52 Å². The molecular weight excluding hydrogens is 440 g/mol. The average molecular weight is 471 g/mol. The number of aromatic nitrogens is 3. The van der Waals surface area contributed by atoms with Crippen LogP contribution in [0.4, 0.5) is 0 Å². The fourth-order valence-corrected chi connectivity index (χ4v) is 4.62. The largest absolute Gasteiger partial charge is 0.466 e. The molecule has 0 saturated carbocycles. The second kappa shape index (κ2) is 10.6. The van der Waals surface area contributed by atoms with Crippen LogP contribution in [0.5, 0.6) is 0 Å². The molecule has 7 nitrogen and oxygen atoms in total. The Hall–Kier alpha value is -3.92. The maximum absolute atomic E-state index is 11.9. The zero-order valence-electron chi connectivity index (χ0n) is 20.7. The number of hydrogen-bond donors (Lipinski definition) is 0. The van der Waals surface area contributed by atoms with Gasteiger partial charge < -0.3 is 9.26 Å². The lowest BCUT2D eigenvalue weighted by Crippen LogP contribution is -2.08. The zero-order chi connectivity index (χ0) is 24.9. The number of nitrogens with zero attached hydrogens (tertiary/aromatic N) is 4. The molecule has 0 fully saturated rings. The molecule has 1 aromatic carbocycles. The highest BCUT2D eigenvalue weighted by Gasteiger charge is 2.24. The third-order valence-electron chi connectivity index (χ3n) is 6.25. The van der Waals surface area contributed by atoms with Crippen molar-refractivity contribution in [3.63, 3.8) is 0 Å². The summed E-state index contributed by atoms with van der Waals surface area (Å²) in [7, 11) is 0. The SMILES string of the molecule is CCOC(=O)CCCCc1c(-c2c(C)noc2C)nn2c(CC)ccc2c1-c1cccc(C#N)c1. The first-order valence-electron chi connectivity index (χ1n) is 12.1. The molecule has 0 bridgehead atoms. The van der Waals surface area contributed by atoms with Gasteiger partial charge >= 0.3 is 5.97 Å². The highest BCUT2D eigenvalue weighted by molar-refractivity contribution is 5.88. The fourth-order valence-electron chi connectivity index (χ4n) is 4.62. The van der Waals surface area contributed by atoms with Gasteiger partial charge in [0, 0.05) is 17.7 Å². The fraction of sp³-hybridized carbons (Fsp3) is 0.357. The van der Waals surface area contributed by atoms with Crippen LogP contribution in [-0.4, -0.2) is 27.3 Å². The standard InChI is InChI=1S/C28H30N4O3/c1-5-22-14-15-24-27(21-11-9-10-20(16-21)17-29)23(12-7-8-13-25(33)34-6-2)28(30-32(22)24)26-18(3)31-35-19(26)4/h9-11,14-16H,5-8,12-13H2,1-4H3. The quantitative estimate of drug-likeness (QED) is 0.221. The van der Waals surface area contributed by atoms with Gasteiger partial charge in [-0.05, 0) is 81.8 Å². The molecule has 3 aromatic heterocycles. The van der Waals surface area contributed by atoms with Crippen molar-refractivity contribution < 1.29 is 14.1 Å². The molecule has 0 unspecified atom stereocenters. The van der Waals surface area contributed by atoms with Gasteiger partial charge in [-0.1, -0.05) is 24.2 Å². The monoisotopic (exact) mass is 470 g/mol. The van der Waals surface area contributed by atoms with Gasteiger partial charge in [0.05, 0.1) is 35.0 Å². The molecule has 0 radical (unpaired) electrons. The van der Waals surface area contributed by atoms with E-state index in [0.29, 0.717) is 37.2 Å². The lowest BCUT2D eigenvalue weighted by Gasteiger charge is -2.18. The Balaban J connectivity index is 1.92. The lowest BCUT2D eigenvalue weighted by molar-refractivity contribution is -0.143. The average Bonchev–Trinajstić information content (AvgIpc) is 3.42. The normalized spacial score (nSPS) is 11.1. The number of carbonyl (C=O) groups is 1. The van der Waals surface area contributed by atoms with Gasteiger partial charge in [0.2, 0.25) is 0 Å². The van der Waals surface area contributed by atoms with Crippen molar-refractivity contribution in [1.82, 2.24) is 14.8 Å². The van der Waals surface area contributed by atoms with Crippen molar-refractivity contribution in [1.29, 1.82) is 5.26 Å². The predicted octanol–water partition coefficient (Wildman–Crippen LogP) is 5.98. The summed E-state index contributed by atoms with van der Waals surface area (Å²) in [4.78, 5) is 11.9. The van der Waals surface area contributed by atoms with E-state index in [2.05, 4.69) is 30.3 Å². The molecule has 0 saturated heterocycles. The van der Waals surface area contributed by atoms with E-state index in [-0.39, 0.29) is 5.97 Å². The Labute approximate surface area is 205 Å². The van der Waals surface area contributed by atoms with Crippen molar-refractivity contribution in [2.75, 3.05) is 6.61 Å². The van der Waals surface area contributed by atoms with Crippen molar-refractivity contribution >= 4 is 11.5 Å². The molecule has 3 heterocycles. The number of fused-ring (bicyclic) bond motifs is 1. The van der Waals surface area contributed by atoms with Crippen LogP contribution in [0.15, 0.2) is 40.9 Å². The predicted molar refractivity (Wildman–Crippen MR) is 134 cm³/mol. The molecule has 4 aromatic rings. The van der Waals surface area contributed by atoms with E-state index in [1.165, 1.54) is 0 Å². The molecule has 0 amide bonds. The molecule has 180 valence electrons. The van der Waals surface area contributed by atoms with E-state index >= 15 is 0 Å². The summed E-state index contributed by atoms with van der Waals surface area (Å²) < 4.78 is 12.6. The van der Waals surface area contributed by atoms with Gasteiger partial charge in [0.1, 0.15) is 11.5 Å². The molecule has 0 spiro atoms. The Morgan fingerprint density at radius 3 is 2.66 bits per heavy atom. The molecule has 0 aliphatic heterocycles. The van der Waals surface area contributed by atoms with Crippen molar-refractivity contribution in [2.45, 2.75) is 59.8 Å². The van der Waals surface area contributed by atoms with Crippen LogP contribution >= 0.6 is 0 Å². The molecular formula is C28H30N4O3. The maximum Gasteiger partial charge on any atom is 0.305 e. The van der Waals surface area contributed by atoms with Gasteiger partial charge in [-0.3, -0.25) is 4.79 Å². The van der Waals surface area contributed by atoms with E-state index in [4.69, 9.17) is 14.4 Å². The minimum Gasteiger partial charge on any atom is -0.466 e. The second-order valence-corrected chi connectivity index (χ2v) is 8.58. The molecule has 0 N–H and O–H groups in total. The van der Waals surface area contributed by atoms with E-state index in [1.807, 2.05) is 49.6 Å². The van der Waals surface area contributed by atoms with Crippen LogP contribution in [0, 0.1) is 25.2 Å². The molecule has 0 aliphatic carbocycles. The second-order valence-electron chi connectivity index (χ2n) is 8.58. The maximum atomic E-state index is 11.9.